The van der Waals surface area contributed by atoms with Gasteiger partial charge < -0.3 is 15.7 Å². The fourth-order valence-corrected chi connectivity index (χ4v) is 1.74. The Labute approximate surface area is 118 Å². The van der Waals surface area contributed by atoms with E-state index in [0.29, 0.717) is 17.9 Å². The van der Waals surface area contributed by atoms with Gasteiger partial charge in [-0.3, -0.25) is 4.68 Å². The van der Waals surface area contributed by atoms with Gasteiger partial charge in [0.05, 0.1) is 25.0 Å². The van der Waals surface area contributed by atoms with Crippen LogP contribution in [0, 0.1) is 0 Å². The van der Waals surface area contributed by atoms with Crippen molar-refractivity contribution in [2.24, 2.45) is 0 Å². The molecule has 0 unspecified atom stereocenters. The number of urea groups is 1. The molecule has 0 bridgehead atoms. The topological polar surface area (TPSA) is 79.2 Å². The van der Waals surface area contributed by atoms with E-state index < -0.39 is 0 Å². The molecule has 0 aliphatic carbocycles. The smallest absolute Gasteiger partial charge is 0.323 e. The highest BCUT2D eigenvalue weighted by molar-refractivity contribution is 9.10. The van der Waals surface area contributed by atoms with Gasteiger partial charge in [0.15, 0.2) is 0 Å². The molecule has 0 saturated heterocycles. The van der Waals surface area contributed by atoms with E-state index in [4.69, 9.17) is 5.11 Å². The van der Waals surface area contributed by atoms with E-state index >= 15 is 0 Å². The van der Waals surface area contributed by atoms with Crippen LogP contribution in [0.15, 0.2) is 41.1 Å². The summed E-state index contributed by atoms with van der Waals surface area (Å²) in [7, 11) is 0. The first kappa shape index (κ1) is 13.6. The summed E-state index contributed by atoms with van der Waals surface area (Å²) in [6.07, 6.45) is 3.17. The highest BCUT2D eigenvalue weighted by Crippen LogP contribution is 2.14. The maximum atomic E-state index is 11.7. The molecule has 19 heavy (non-hydrogen) atoms. The minimum atomic E-state index is -0.342. The van der Waals surface area contributed by atoms with Crippen molar-refractivity contribution in [2.75, 3.05) is 17.2 Å². The third-order valence-electron chi connectivity index (χ3n) is 2.32. The summed E-state index contributed by atoms with van der Waals surface area (Å²) in [6.45, 7) is 0.405. The van der Waals surface area contributed by atoms with Crippen LogP contribution >= 0.6 is 15.9 Å². The normalized spacial score (nSPS) is 10.2. The second-order valence-corrected chi connectivity index (χ2v) is 4.72. The van der Waals surface area contributed by atoms with Gasteiger partial charge in [0.1, 0.15) is 0 Å². The summed E-state index contributed by atoms with van der Waals surface area (Å²) >= 11 is 3.32. The highest BCUT2D eigenvalue weighted by Gasteiger charge is 2.04. The number of hydrogen-bond donors (Lipinski definition) is 3. The number of carbonyl (C=O) groups excluding carboxylic acids is 1. The molecular weight excluding hydrogens is 312 g/mol. The maximum absolute atomic E-state index is 11.7. The zero-order valence-corrected chi connectivity index (χ0v) is 11.6. The second kappa shape index (κ2) is 6.35. The Bertz CT molecular complexity index is 553. The molecule has 0 spiro atoms. The minimum absolute atomic E-state index is 0.00616. The third-order valence-corrected chi connectivity index (χ3v) is 2.85. The van der Waals surface area contributed by atoms with Crippen molar-refractivity contribution in [3.63, 3.8) is 0 Å². The standard InChI is InChI=1S/C12H13BrN4O2/c13-9-1-3-10(4-2-9)15-12(19)16-11-7-14-17(8-11)5-6-18/h1-4,7-8,18H,5-6H2,(H2,15,16,19). The lowest BCUT2D eigenvalue weighted by Gasteiger charge is -2.05. The van der Waals surface area contributed by atoms with Gasteiger partial charge >= 0.3 is 6.03 Å². The summed E-state index contributed by atoms with van der Waals surface area (Å²) in [5, 5.41) is 18.1. The number of nitrogens with one attached hydrogen (secondary N) is 2. The van der Waals surface area contributed by atoms with Crippen molar-refractivity contribution in [1.82, 2.24) is 9.78 Å². The van der Waals surface area contributed by atoms with Crippen LogP contribution in [0.1, 0.15) is 0 Å². The SMILES string of the molecule is O=C(Nc1ccc(Br)cc1)Nc1cnn(CCO)c1. The number of anilines is 2. The molecule has 6 nitrogen and oxygen atoms in total. The number of benzene rings is 1. The van der Waals surface area contributed by atoms with Gasteiger partial charge in [0.25, 0.3) is 0 Å². The average Bonchev–Trinajstić information content (AvgIpc) is 2.80. The molecule has 1 aromatic carbocycles. The van der Waals surface area contributed by atoms with Gasteiger partial charge in [-0.05, 0) is 24.3 Å². The zero-order chi connectivity index (χ0) is 13.7. The Morgan fingerprint density at radius 3 is 2.63 bits per heavy atom. The fourth-order valence-electron chi connectivity index (χ4n) is 1.48. The Morgan fingerprint density at radius 1 is 1.26 bits per heavy atom. The van der Waals surface area contributed by atoms with Gasteiger partial charge in [-0.1, -0.05) is 15.9 Å². The van der Waals surface area contributed by atoms with Gasteiger partial charge in [-0.25, -0.2) is 4.79 Å². The summed E-state index contributed by atoms with van der Waals surface area (Å²) in [5.74, 6) is 0. The number of halogens is 1. The number of aromatic nitrogens is 2. The third kappa shape index (κ3) is 4.08. The summed E-state index contributed by atoms with van der Waals surface area (Å²) in [4.78, 5) is 11.7. The van der Waals surface area contributed by atoms with Crippen LogP contribution in [-0.4, -0.2) is 27.5 Å². The average molecular weight is 325 g/mol. The fraction of sp³-hybridized carbons (Fsp3) is 0.167. The summed E-state index contributed by atoms with van der Waals surface area (Å²) in [5.41, 5.74) is 1.27. The summed E-state index contributed by atoms with van der Waals surface area (Å²) < 4.78 is 2.50. The molecule has 1 aromatic heterocycles. The van der Waals surface area contributed by atoms with Crippen LogP contribution < -0.4 is 10.6 Å². The highest BCUT2D eigenvalue weighted by atomic mass is 79.9. The zero-order valence-electron chi connectivity index (χ0n) is 10.0. The van der Waals surface area contributed by atoms with Crippen molar-refractivity contribution < 1.29 is 9.90 Å². The number of hydrogen-bond acceptors (Lipinski definition) is 3. The Kier molecular flexibility index (Phi) is 4.53. The van der Waals surface area contributed by atoms with Crippen LogP contribution in [0.3, 0.4) is 0 Å². The molecule has 0 fully saturated rings. The van der Waals surface area contributed by atoms with E-state index in [0.717, 1.165) is 4.47 Å². The number of carbonyl (C=O) groups is 1. The molecule has 0 aliphatic heterocycles. The van der Waals surface area contributed by atoms with Gasteiger partial charge in [-0.2, -0.15) is 5.10 Å². The maximum Gasteiger partial charge on any atom is 0.323 e. The Hall–Kier alpha value is -1.86. The van der Waals surface area contributed by atoms with Crippen LogP contribution in [-0.2, 0) is 6.54 Å². The van der Waals surface area contributed by atoms with Gasteiger partial charge in [-0.15, -0.1) is 0 Å². The van der Waals surface area contributed by atoms with E-state index in [1.165, 1.54) is 6.20 Å². The largest absolute Gasteiger partial charge is 0.394 e. The predicted octanol–water partition coefficient (Wildman–Crippen LogP) is 2.28. The van der Waals surface area contributed by atoms with E-state index in [2.05, 4.69) is 31.7 Å². The molecule has 2 amide bonds. The number of nitrogens with zero attached hydrogens (tertiary/aromatic N) is 2. The quantitative estimate of drug-likeness (QED) is 0.807. The first-order valence-electron chi connectivity index (χ1n) is 5.64. The number of aliphatic hydroxyl groups is 1. The molecule has 3 N–H and O–H groups in total. The van der Waals surface area contributed by atoms with Crippen molar-refractivity contribution >= 4 is 33.3 Å². The van der Waals surface area contributed by atoms with Crippen LogP contribution in [0.4, 0.5) is 16.2 Å². The number of amides is 2. The van der Waals surface area contributed by atoms with Gasteiger partial charge in [0.2, 0.25) is 0 Å². The second-order valence-electron chi connectivity index (χ2n) is 3.80. The summed E-state index contributed by atoms with van der Waals surface area (Å²) in [6, 6.07) is 6.92. The molecule has 0 atom stereocenters. The number of aliphatic hydroxyl groups excluding tert-OH is 1. The van der Waals surface area contributed by atoms with Crippen molar-refractivity contribution in [3.8, 4) is 0 Å². The molecule has 0 radical (unpaired) electrons. The molecule has 0 aliphatic rings. The van der Waals surface area contributed by atoms with E-state index in [1.807, 2.05) is 12.1 Å². The molecule has 100 valence electrons. The molecular formula is C12H13BrN4O2. The van der Waals surface area contributed by atoms with E-state index in [1.54, 1.807) is 23.0 Å². The molecule has 1 heterocycles. The first-order valence-corrected chi connectivity index (χ1v) is 6.43. The lowest BCUT2D eigenvalue weighted by Crippen LogP contribution is -2.19. The Morgan fingerprint density at radius 2 is 1.95 bits per heavy atom. The van der Waals surface area contributed by atoms with E-state index in [9.17, 15) is 4.79 Å². The lowest BCUT2D eigenvalue weighted by molar-refractivity contribution is 0.262. The minimum Gasteiger partial charge on any atom is -0.394 e. The van der Waals surface area contributed by atoms with Gasteiger partial charge in [0, 0.05) is 16.4 Å². The van der Waals surface area contributed by atoms with E-state index in [-0.39, 0.29) is 12.6 Å². The first-order chi connectivity index (χ1) is 9.17. The molecule has 2 aromatic rings. The molecule has 2 rings (SSSR count). The molecule has 0 saturated carbocycles. The molecule has 7 heteroatoms. The number of rotatable bonds is 4. The van der Waals surface area contributed by atoms with Crippen LogP contribution in [0.25, 0.3) is 0 Å². The van der Waals surface area contributed by atoms with Crippen molar-refractivity contribution in [1.29, 1.82) is 0 Å². The Balaban J connectivity index is 1.91. The lowest BCUT2D eigenvalue weighted by atomic mass is 10.3. The van der Waals surface area contributed by atoms with Crippen molar-refractivity contribution in [3.05, 3.63) is 41.1 Å². The van der Waals surface area contributed by atoms with Crippen LogP contribution in [0.5, 0.6) is 0 Å². The monoisotopic (exact) mass is 324 g/mol. The van der Waals surface area contributed by atoms with Crippen molar-refractivity contribution in [2.45, 2.75) is 6.54 Å². The van der Waals surface area contributed by atoms with Crippen LogP contribution in [0.2, 0.25) is 0 Å². The predicted molar refractivity (Wildman–Crippen MR) is 76.1 cm³/mol.